The van der Waals surface area contributed by atoms with Gasteiger partial charge in [-0.15, -0.1) is 0 Å². The summed E-state index contributed by atoms with van der Waals surface area (Å²) in [6.07, 6.45) is -0.840. The largest absolute Gasteiger partial charge is 0.387 e. The molecule has 2 aromatic heterocycles. The first-order valence-corrected chi connectivity index (χ1v) is 6.73. The first-order chi connectivity index (χ1) is 9.56. The van der Waals surface area contributed by atoms with E-state index < -0.39 is 17.9 Å². The Kier molecular flexibility index (Phi) is 4.49. The topological polar surface area (TPSA) is 104 Å². The zero-order valence-corrected chi connectivity index (χ0v) is 11.4. The summed E-state index contributed by atoms with van der Waals surface area (Å²) in [5.74, 6) is -1.02. The molecular formula is C12H13N3O4S. The summed E-state index contributed by atoms with van der Waals surface area (Å²) in [6, 6.07) is 3.24. The number of carbonyl (C=O) groups is 2. The highest BCUT2D eigenvalue weighted by Crippen LogP contribution is 2.15. The Labute approximate surface area is 118 Å². The number of carbonyl (C=O) groups excluding carboxylic acids is 2. The number of nitrogens with one attached hydrogen (secondary N) is 2. The maximum Gasteiger partial charge on any atom is 0.314 e. The highest BCUT2D eigenvalue weighted by molar-refractivity contribution is 7.07. The maximum atomic E-state index is 11.5. The van der Waals surface area contributed by atoms with E-state index in [1.807, 2.05) is 5.38 Å². The lowest BCUT2D eigenvalue weighted by Gasteiger charge is -2.09. The van der Waals surface area contributed by atoms with Crippen LogP contribution < -0.4 is 10.6 Å². The van der Waals surface area contributed by atoms with Crippen LogP contribution in [0.15, 0.2) is 27.4 Å². The standard InChI is InChI=1S/C12H13N3O4S/c1-7-4-10(15-19-7)14-12(18)11(17)13-5-9(16)8-2-3-20-6-8/h2-4,6,9,16H,5H2,1H3,(H,13,17)(H,14,15,18). The minimum absolute atomic E-state index is 0.0408. The smallest absolute Gasteiger partial charge is 0.314 e. The van der Waals surface area contributed by atoms with E-state index in [-0.39, 0.29) is 12.4 Å². The molecule has 7 nitrogen and oxygen atoms in total. The van der Waals surface area contributed by atoms with E-state index in [0.29, 0.717) is 11.3 Å². The van der Waals surface area contributed by atoms with E-state index in [2.05, 4.69) is 15.8 Å². The van der Waals surface area contributed by atoms with E-state index in [1.54, 1.807) is 18.4 Å². The van der Waals surface area contributed by atoms with Crippen molar-refractivity contribution in [2.75, 3.05) is 11.9 Å². The molecule has 0 spiro atoms. The Morgan fingerprint density at radius 3 is 2.90 bits per heavy atom. The molecule has 106 valence electrons. The van der Waals surface area contributed by atoms with Crippen molar-refractivity contribution in [3.63, 3.8) is 0 Å². The number of anilines is 1. The molecule has 2 amide bonds. The summed E-state index contributed by atoms with van der Waals surface area (Å²) in [5, 5.41) is 21.5. The van der Waals surface area contributed by atoms with E-state index in [4.69, 9.17) is 4.52 Å². The maximum absolute atomic E-state index is 11.5. The zero-order valence-electron chi connectivity index (χ0n) is 10.6. The predicted molar refractivity (Wildman–Crippen MR) is 72.2 cm³/mol. The lowest BCUT2D eigenvalue weighted by atomic mass is 10.2. The Hall–Kier alpha value is -2.19. The third-order valence-corrected chi connectivity index (χ3v) is 3.16. The number of aliphatic hydroxyl groups is 1. The van der Waals surface area contributed by atoms with Crippen molar-refractivity contribution in [2.24, 2.45) is 0 Å². The van der Waals surface area contributed by atoms with Crippen LogP contribution in [0.3, 0.4) is 0 Å². The van der Waals surface area contributed by atoms with Gasteiger partial charge >= 0.3 is 11.8 Å². The van der Waals surface area contributed by atoms with Gasteiger partial charge in [-0.3, -0.25) is 14.9 Å². The molecule has 2 aromatic rings. The average molecular weight is 295 g/mol. The van der Waals surface area contributed by atoms with Crippen LogP contribution in [-0.2, 0) is 9.59 Å². The van der Waals surface area contributed by atoms with Crippen molar-refractivity contribution in [1.29, 1.82) is 0 Å². The summed E-state index contributed by atoms with van der Waals surface area (Å²) in [4.78, 5) is 23.1. The predicted octanol–water partition coefficient (Wildman–Crippen LogP) is 0.833. The Morgan fingerprint density at radius 2 is 2.30 bits per heavy atom. The quantitative estimate of drug-likeness (QED) is 0.725. The summed E-state index contributed by atoms with van der Waals surface area (Å²) in [6.45, 7) is 1.63. The second-order valence-electron chi connectivity index (χ2n) is 4.06. The fourth-order valence-electron chi connectivity index (χ4n) is 1.45. The van der Waals surface area contributed by atoms with Gasteiger partial charge in [0, 0.05) is 12.6 Å². The summed E-state index contributed by atoms with van der Waals surface area (Å²) >= 11 is 1.44. The van der Waals surface area contributed by atoms with E-state index in [0.717, 1.165) is 0 Å². The van der Waals surface area contributed by atoms with Gasteiger partial charge in [0.2, 0.25) is 0 Å². The van der Waals surface area contributed by atoms with Crippen molar-refractivity contribution < 1.29 is 19.2 Å². The normalized spacial score (nSPS) is 11.9. The van der Waals surface area contributed by atoms with Gasteiger partial charge in [0.1, 0.15) is 5.76 Å². The summed E-state index contributed by atoms with van der Waals surface area (Å²) in [7, 11) is 0. The molecule has 3 N–H and O–H groups in total. The number of aromatic nitrogens is 1. The molecule has 20 heavy (non-hydrogen) atoms. The van der Waals surface area contributed by atoms with Gasteiger partial charge in [0.25, 0.3) is 0 Å². The molecule has 0 aliphatic rings. The molecule has 0 radical (unpaired) electrons. The van der Waals surface area contributed by atoms with Gasteiger partial charge in [-0.1, -0.05) is 5.16 Å². The first kappa shape index (κ1) is 14.2. The number of rotatable bonds is 4. The number of aryl methyl sites for hydroxylation is 1. The second kappa shape index (κ2) is 6.31. The molecule has 0 fully saturated rings. The summed E-state index contributed by atoms with van der Waals surface area (Å²) in [5.41, 5.74) is 0.697. The Bertz CT molecular complexity index is 594. The number of nitrogens with zero attached hydrogens (tertiary/aromatic N) is 1. The second-order valence-corrected chi connectivity index (χ2v) is 4.84. The molecule has 2 rings (SSSR count). The molecule has 0 aliphatic carbocycles. The van der Waals surface area contributed by atoms with E-state index in [1.165, 1.54) is 17.4 Å². The Balaban J connectivity index is 1.81. The lowest BCUT2D eigenvalue weighted by Crippen LogP contribution is -2.37. The molecule has 0 saturated carbocycles. The van der Waals surface area contributed by atoms with Crippen LogP contribution in [0.4, 0.5) is 5.82 Å². The van der Waals surface area contributed by atoms with Gasteiger partial charge in [-0.05, 0) is 29.3 Å². The van der Waals surface area contributed by atoms with Crippen molar-refractivity contribution in [2.45, 2.75) is 13.0 Å². The fourth-order valence-corrected chi connectivity index (χ4v) is 2.16. The van der Waals surface area contributed by atoms with Gasteiger partial charge in [0.05, 0.1) is 6.10 Å². The molecule has 0 bridgehead atoms. The lowest BCUT2D eigenvalue weighted by molar-refractivity contribution is -0.136. The number of hydrogen-bond acceptors (Lipinski definition) is 6. The van der Waals surface area contributed by atoms with Crippen LogP contribution >= 0.6 is 11.3 Å². The molecule has 0 aromatic carbocycles. The number of thiophene rings is 1. The van der Waals surface area contributed by atoms with Crippen LogP contribution in [0.1, 0.15) is 17.4 Å². The third kappa shape index (κ3) is 3.65. The fraction of sp³-hybridized carbons (Fsp3) is 0.250. The first-order valence-electron chi connectivity index (χ1n) is 5.79. The van der Waals surface area contributed by atoms with Crippen LogP contribution in [-0.4, -0.2) is 28.6 Å². The minimum atomic E-state index is -0.865. The van der Waals surface area contributed by atoms with Gasteiger partial charge < -0.3 is 14.9 Å². The van der Waals surface area contributed by atoms with Crippen molar-refractivity contribution in [3.05, 3.63) is 34.2 Å². The SMILES string of the molecule is Cc1cc(NC(=O)C(=O)NCC(O)c2ccsc2)no1. The molecule has 0 aliphatic heterocycles. The van der Waals surface area contributed by atoms with Crippen LogP contribution in [0.5, 0.6) is 0 Å². The van der Waals surface area contributed by atoms with Crippen molar-refractivity contribution in [3.8, 4) is 0 Å². The highest BCUT2D eigenvalue weighted by atomic mass is 32.1. The molecule has 1 atom stereocenters. The summed E-state index contributed by atoms with van der Waals surface area (Å²) < 4.78 is 4.76. The monoisotopic (exact) mass is 295 g/mol. The van der Waals surface area contributed by atoms with Crippen molar-refractivity contribution in [1.82, 2.24) is 10.5 Å². The zero-order chi connectivity index (χ0) is 14.5. The molecule has 1 unspecified atom stereocenters. The molecule has 8 heteroatoms. The molecular weight excluding hydrogens is 282 g/mol. The third-order valence-electron chi connectivity index (χ3n) is 2.46. The van der Waals surface area contributed by atoms with Crippen molar-refractivity contribution >= 4 is 29.0 Å². The number of amides is 2. The number of aliphatic hydroxyl groups excluding tert-OH is 1. The van der Waals surface area contributed by atoms with Crippen LogP contribution in [0.2, 0.25) is 0 Å². The highest BCUT2D eigenvalue weighted by Gasteiger charge is 2.17. The van der Waals surface area contributed by atoms with Crippen LogP contribution in [0.25, 0.3) is 0 Å². The molecule has 2 heterocycles. The number of hydrogen-bond donors (Lipinski definition) is 3. The minimum Gasteiger partial charge on any atom is -0.387 e. The van der Waals surface area contributed by atoms with E-state index >= 15 is 0 Å². The Morgan fingerprint density at radius 1 is 1.50 bits per heavy atom. The van der Waals surface area contributed by atoms with E-state index in [9.17, 15) is 14.7 Å². The molecule has 0 saturated heterocycles. The van der Waals surface area contributed by atoms with Gasteiger partial charge in [-0.25, -0.2) is 0 Å². The van der Waals surface area contributed by atoms with Gasteiger partial charge in [0.15, 0.2) is 5.82 Å². The van der Waals surface area contributed by atoms with Gasteiger partial charge in [-0.2, -0.15) is 11.3 Å². The van der Waals surface area contributed by atoms with Crippen LogP contribution in [0, 0.1) is 6.92 Å². The average Bonchev–Trinajstić information content (AvgIpc) is 3.07.